The van der Waals surface area contributed by atoms with Gasteiger partial charge >= 0.3 is 0 Å². The number of rotatable bonds is 7. The molecule has 1 aromatic heterocycles. The van der Waals surface area contributed by atoms with E-state index >= 15 is 0 Å². The van der Waals surface area contributed by atoms with Gasteiger partial charge in [-0.25, -0.2) is 0 Å². The lowest BCUT2D eigenvalue weighted by Gasteiger charge is -2.15. The fourth-order valence-electron chi connectivity index (χ4n) is 2.53. The van der Waals surface area contributed by atoms with Crippen LogP contribution in [0.15, 0.2) is 18.3 Å². The minimum Gasteiger partial charge on any atom is -0.392 e. The Balaban J connectivity index is 1.76. The summed E-state index contributed by atoms with van der Waals surface area (Å²) in [5, 5.41) is 12.0. The highest BCUT2D eigenvalue weighted by Crippen LogP contribution is 2.15. The first-order valence-electron chi connectivity index (χ1n) is 7.28. The average Bonchev–Trinajstić information content (AvgIpc) is 2.98. The summed E-state index contributed by atoms with van der Waals surface area (Å²) in [5.74, 6) is 0.299. The molecule has 2 rings (SSSR count). The number of likely N-dealkylation sites (tertiary alicyclic amines) is 1. The quantitative estimate of drug-likeness (QED) is 0.755. The first-order chi connectivity index (χ1) is 10.2. The molecule has 0 aromatic carbocycles. The Labute approximate surface area is 125 Å². The van der Waals surface area contributed by atoms with Crippen molar-refractivity contribution in [3.63, 3.8) is 0 Å². The second-order valence-electron chi connectivity index (χ2n) is 5.37. The van der Waals surface area contributed by atoms with E-state index in [-0.39, 0.29) is 12.5 Å². The van der Waals surface area contributed by atoms with Crippen molar-refractivity contribution in [3.8, 4) is 0 Å². The molecule has 0 aliphatic carbocycles. The number of ether oxygens (including phenoxy) is 1. The zero-order valence-electron chi connectivity index (χ0n) is 12.4. The number of carbonyl (C=O) groups excluding carboxylic acids is 1. The van der Waals surface area contributed by atoms with E-state index in [1.54, 1.807) is 25.4 Å². The molecule has 1 aliphatic rings. The summed E-state index contributed by atoms with van der Waals surface area (Å²) in [4.78, 5) is 18.4. The van der Waals surface area contributed by atoms with E-state index in [1.807, 2.05) is 0 Å². The monoisotopic (exact) mass is 293 g/mol. The number of nitrogens with zero attached hydrogens (tertiary/aromatic N) is 2. The first-order valence-corrected chi connectivity index (χ1v) is 7.28. The van der Waals surface area contributed by atoms with Crippen LogP contribution < -0.4 is 5.32 Å². The summed E-state index contributed by atoms with van der Waals surface area (Å²) < 4.78 is 5.08. The Bertz CT molecular complexity index is 467. The van der Waals surface area contributed by atoms with Gasteiger partial charge in [-0.3, -0.25) is 9.78 Å². The van der Waals surface area contributed by atoms with Gasteiger partial charge in [-0.2, -0.15) is 0 Å². The lowest BCUT2D eigenvalue weighted by atomic mass is 10.1. The van der Waals surface area contributed by atoms with E-state index in [9.17, 15) is 4.79 Å². The molecule has 6 nitrogen and oxygen atoms in total. The number of carbonyl (C=O) groups is 1. The Hall–Kier alpha value is -1.50. The SMILES string of the molecule is COCCN1CCC(CNC(=O)c2cc(CO)ccn2)C1. The molecule has 0 saturated carbocycles. The summed E-state index contributed by atoms with van der Waals surface area (Å²) in [6, 6.07) is 3.32. The van der Waals surface area contributed by atoms with Gasteiger partial charge in [-0.15, -0.1) is 0 Å². The van der Waals surface area contributed by atoms with Crippen LogP contribution in [-0.2, 0) is 11.3 Å². The van der Waals surface area contributed by atoms with E-state index < -0.39 is 0 Å². The molecule has 21 heavy (non-hydrogen) atoms. The van der Waals surface area contributed by atoms with Crippen LogP contribution in [0.5, 0.6) is 0 Å². The number of amides is 1. The average molecular weight is 293 g/mol. The van der Waals surface area contributed by atoms with Crippen LogP contribution in [0.3, 0.4) is 0 Å². The van der Waals surface area contributed by atoms with Crippen molar-refractivity contribution in [2.45, 2.75) is 13.0 Å². The molecule has 6 heteroatoms. The Morgan fingerprint density at radius 3 is 3.24 bits per heavy atom. The van der Waals surface area contributed by atoms with Gasteiger partial charge in [-0.1, -0.05) is 0 Å². The molecule has 1 aromatic rings. The minimum absolute atomic E-state index is 0.0834. The van der Waals surface area contributed by atoms with Gasteiger partial charge in [0.1, 0.15) is 5.69 Å². The summed E-state index contributed by atoms with van der Waals surface area (Å²) in [6.07, 6.45) is 2.64. The molecule has 1 amide bonds. The molecule has 1 fully saturated rings. The molecule has 1 saturated heterocycles. The number of methoxy groups -OCH3 is 1. The van der Waals surface area contributed by atoms with Gasteiger partial charge in [0.2, 0.25) is 0 Å². The minimum atomic E-state index is -0.180. The van der Waals surface area contributed by atoms with Crippen molar-refractivity contribution in [1.82, 2.24) is 15.2 Å². The lowest BCUT2D eigenvalue weighted by molar-refractivity contribution is 0.0941. The van der Waals surface area contributed by atoms with Crippen molar-refractivity contribution in [2.24, 2.45) is 5.92 Å². The van der Waals surface area contributed by atoms with E-state index in [2.05, 4.69) is 15.2 Å². The fraction of sp³-hybridized carbons (Fsp3) is 0.600. The van der Waals surface area contributed by atoms with Crippen molar-refractivity contribution < 1.29 is 14.6 Å². The second kappa shape index (κ2) is 8.07. The maximum atomic E-state index is 12.0. The third-order valence-electron chi connectivity index (χ3n) is 3.77. The zero-order chi connectivity index (χ0) is 15.1. The van der Waals surface area contributed by atoms with Crippen LogP contribution in [-0.4, -0.2) is 60.8 Å². The van der Waals surface area contributed by atoms with Crippen LogP contribution >= 0.6 is 0 Å². The largest absolute Gasteiger partial charge is 0.392 e. The van der Waals surface area contributed by atoms with Gasteiger partial charge in [0.25, 0.3) is 5.91 Å². The number of nitrogens with one attached hydrogen (secondary N) is 1. The Morgan fingerprint density at radius 2 is 2.48 bits per heavy atom. The maximum absolute atomic E-state index is 12.0. The molecule has 1 atom stereocenters. The van der Waals surface area contributed by atoms with Crippen molar-refractivity contribution in [2.75, 3.05) is 39.9 Å². The van der Waals surface area contributed by atoms with Gasteiger partial charge in [0.05, 0.1) is 13.2 Å². The molecule has 1 aliphatic heterocycles. The number of pyridine rings is 1. The molecule has 0 spiro atoms. The van der Waals surface area contributed by atoms with Crippen molar-refractivity contribution >= 4 is 5.91 Å². The van der Waals surface area contributed by atoms with Gasteiger partial charge < -0.3 is 20.1 Å². The van der Waals surface area contributed by atoms with Crippen LogP contribution in [0, 0.1) is 5.92 Å². The van der Waals surface area contributed by atoms with Crippen molar-refractivity contribution in [1.29, 1.82) is 0 Å². The highest BCUT2D eigenvalue weighted by Gasteiger charge is 2.22. The smallest absolute Gasteiger partial charge is 0.269 e. The number of hydrogen-bond acceptors (Lipinski definition) is 5. The topological polar surface area (TPSA) is 74.7 Å². The Kier molecular flexibility index (Phi) is 6.10. The number of aliphatic hydroxyl groups is 1. The van der Waals surface area contributed by atoms with E-state index in [0.717, 1.165) is 32.7 Å². The van der Waals surface area contributed by atoms with E-state index in [1.165, 1.54) is 0 Å². The molecule has 2 N–H and O–H groups in total. The van der Waals surface area contributed by atoms with Crippen LogP contribution in [0.1, 0.15) is 22.5 Å². The first kappa shape index (κ1) is 15.9. The van der Waals surface area contributed by atoms with Gasteiger partial charge in [-0.05, 0) is 36.6 Å². The molecular formula is C15H23N3O3. The summed E-state index contributed by atoms with van der Waals surface area (Å²) >= 11 is 0. The summed E-state index contributed by atoms with van der Waals surface area (Å²) in [5.41, 5.74) is 1.05. The third-order valence-corrected chi connectivity index (χ3v) is 3.77. The normalized spacial score (nSPS) is 18.9. The van der Waals surface area contributed by atoms with Crippen molar-refractivity contribution in [3.05, 3.63) is 29.6 Å². The summed E-state index contributed by atoms with van der Waals surface area (Å²) in [6.45, 7) is 4.32. The predicted octanol–water partition coefficient (Wildman–Crippen LogP) is 0.272. The second-order valence-corrected chi connectivity index (χ2v) is 5.37. The zero-order valence-corrected chi connectivity index (χ0v) is 12.4. The van der Waals surface area contributed by atoms with E-state index in [0.29, 0.717) is 23.7 Å². The molecule has 0 radical (unpaired) electrons. The number of aliphatic hydroxyl groups excluding tert-OH is 1. The predicted molar refractivity (Wildman–Crippen MR) is 78.9 cm³/mol. The van der Waals surface area contributed by atoms with Gasteiger partial charge in [0, 0.05) is 32.9 Å². The van der Waals surface area contributed by atoms with Crippen LogP contribution in [0.2, 0.25) is 0 Å². The van der Waals surface area contributed by atoms with Crippen LogP contribution in [0.4, 0.5) is 0 Å². The molecule has 2 heterocycles. The molecule has 1 unspecified atom stereocenters. The number of hydrogen-bond donors (Lipinski definition) is 2. The highest BCUT2D eigenvalue weighted by molar-refractivity contribution is 5.92. The summed E-state index contributed by atoms with van der Waals surface area (Å²) in [7, 11) is 1.71. The Morgan fingerprint density at radius 1 is 1.62 bits per heavy atom. The van der Waals surface area contributed by atoms with Gasteiger partial charge in [0.15, 0.2) is 0 Å². The van der Waals surface area contributed by atoms with E-state index in [4.69, 9.17) is 9.84 Å². The van der Waals surface area contributed by atoms with Crippen LogP contribution in [0.25, 0.3) is 0 Å². The number of aromatic nitrogens is 1. The fourth-order valence-corrected chi connectivity index (χ4v) is 2.53. The highest BCUT2D eigenvalue weighted by atomic mass is 16.5. The molecule has 0 bridgehead atoms. The molecular weight excluding hydrogens is 270 g/mol. The third kappa shape index (κ3) is 4.77. The maximum Gasteiger partial charge on any atom is 0.269 e. The standard InChI is InChI=1S/C15H23N3O3/c1-21-7-6-18-5-3-13(10-18)9-17-15(20)14-8-12(11-19)2-4-16-14/h2,4,8,13,19H,3,5-7,9-11H2,1H3,(H,17,20). The lowest BCUT2D eigenvalue weighted by Crippen LogP contribution is -2.32. The molecule has 116 valence electrons.